The Morgan fingerprint density at radius 2 is 1.33 bits per heavy atom. The second kappa shape index (κ2) is 15.7. The van der Waals surface area contributed by atoms with Gasteiger partial charge in [-0.25, -0.2) is 19.6 Å². The van der Waals surface area contributed by atoms with Crippen molar-refractivity contribution in [3.05, 3.63) is 83.7 Å². The summed E-state index contributed by atoms with van der Waals surface area (Å²) in [5.41, 5.74) is 5.20. The number of likely N-dealkylation sites (tertiary alicyclic amines) is 2. The lowest BCUT2D eigenvalue weighted by atomic mass is 10.0. The molecular weight excluding hydrogens is 737 g/mol. The first-order valence-electron chi connectivity index (χ1n) is 20.1. The molecule has 8 rings (SSSR count). The highest BCUT2D eigenvalue weighted by Gasteiger charge is 2.57. The van der Waals surface area contributed by atoms with E-state index in [1.807, 2.05) is 91.5 Å². The molecule has 14 heteroatoms. The summed E-state index contributed by atoms with van der Waals surface area (Å²) in [7, 11) is 2.82. The Kier molecular flexibility index (Phi) is 10.5. The summed E-state index contributed by atoms with van der Waals surface area (Å²) in [6, 6.07) is 15.3. The number of imidazole rings is 2. The molecular formula is C44H50N8O6. The topological polar surface area (TPSA) is 177 Å². The normalized spacial score (nSPS) is 23.6. The largest absolute Gasteiger partial charge is 0.465 e. The lowest BCUT2D eigenvalue weighted by molar-refractivity contribution is -0.137. The summed E-state index contributed by atoms with van der Waals surface area (Å²) in [4.78, 5) is 72.0. The van der Waals surface area contributed by atoms with Crippen LogP contribution in [0.3, 0.4) is 0 Å². The number of H-pyrrole nitrogens is 2. The summed E-state index contributed by atoms with van der Waals surface area (Å²) >= 11 is 0. The molecule has 2 aromatic carbocycles. The fraction of sp³-hybridized carbons (Fsp3) is 0.455. The number of ether oxygens (including phenoxy) is 1. The molecule has 2 aliphatic heterocycles. The van der Waals surface area contributed by atoms with Gasteiger partial charge in [-0.05, 0) is 73.6 Å². The van der Waals surface area contributed by atoms with Gasteiger partial charge >= 0.3 is 12.2 Å². The third kappa shape index (κ3) is 7.90. The molecule has 302 valence electrons. The number of nitrogens with zero attached hydrogens (tertiary/aromatic N) is 5. The number of nitrogens with one attached hydrogen (secondary N) is 3. The van der Waals surface area contributed by atoms with Gasteiger partial charge in [0, 0.05) is 66.7 Å². The molecule has 4 fully saturated rings. The minimum absolute atomic E-state index is 0.0528. The number of carbonyl (C=O) groups excluding carboxylic acids is 3. The number of methoxy groups -OCH3 is 1. The number of piperidine rings is 2. The molecule has 4 aliphatic rings. The number of hydrogen-bond donors (Lipinski definition) is 4. The van der Waals surface area contributed by atoms with Crippen molar-refractivity contribution < 1.29 is 29.0 Å². The third-order valence-corrected chi connectivity index (χ3v) is 12.1. The molecule has 2 aromatic heterocycles. The fourth-order valence-electron chi connectivity index (χ4n) is 8.85. The molecule has 0 radical (unpaired) electrons. The van der Waals surface area contributed by atoms with Gasteiger partial charge in [0.05, 0.1) is 30.6 Å². The van der Waals surface area contributed by atoms with Crippen molar-refractivity contribution in [1.29, 1.82) is 0 Å². The highest BCUT2D eigenvalue weighted by atomic mass is 16.5. The maximum absolute atomic E-state index is 13.7. The minimum Gasteiger partial charge on any atom is -0.465 e. The molecule has 4 amide bonds. The molecule has 14 nitrogen and oxygen atoms in total. The number of hydrogen-bond acceptors (Lipinski definition) is 7. The first-order chi connectivity index (χ1) is 27.9. The molecule has 2 saturated heterocycles. The molecule has 4 aromatic rings. The molecule has 2 saturated carbocycles. The first kappa shape index (κ1) is 38.8. The summed E-state index contributed by atoms with van der Waals surface area (Å²) in [6.45, 7) is 6.05. The summed E-state index contributed by atoms with van der Waals surface area (Å²) < 4.78 is 4.78. The number of alkyl carbamates (subject to hydrolysis) is 1. The zero-order valence-electron chi connectivity index (χ0n) is 33.4. The highest BCUT2D eigenvalue weighted by molar-refractivity contribution is 5.87. The van der Waals surface area contributed by atoms with Crippen LogP contribution in [0.15, 0.2) is 60.9 Å². The monoisotopic (exact) mass is 786 g/mol. The molecule has 8 atom stereocenters. The van der Waals surface area contributed by atoms with Crippen molar-refractivity contribution in [3.8, 4) is 34.4 Å². The number of carboxylic acid groups (broad SMARTS) is 1. The maximum Gasteiger partial charge on any atom is 0.407 e. The molecule has 58 heavy (non-hydrogen) atoms. The lowest BCUT2D eigenvalue weighted by Gasteiger charge is -2.31. The van der Waals surface area contributed by atoms with E-state index in [0.717, 1.165) is 71.0 Å². The van der Waals surface area contributed by atoms with Crippen molar-refractivity contribution in [2.24, 2.45) is 23.7 Å². The number of aromatic amines is 2. The average Bonchev–Trinajstić information content (AvgIpc) is 3.79. The van der Waals surface area contributed by atoms with E-state index in [1.165, 1.54) is 19.1 Å². The quantitative estimate of drug-likeness (QED) is 0.130. The Morgan fingerprint density at radius 3 is 1.81 bits per heavy atom. The Morgan fingerprint density at radius 1 is 0.828 bits per heavy atom. The van der Waals surface area contributed by atoms with Crippen LogP contribution in [-0.4, -0.2) is 103 Å². The smallest absolute Gasteiger partial charge is 0.407 e. The van der Waals surface area contributed by atoms with Gasteiger partial charge in [-0.3, -0.25) is 9.59 Å². The number of carbonyl (C=O) groups is 4. The molecule has 0 bridgehead atoms. The third-order valence-electron chi connectivity index (χ3n) is 12.1. The van der Waals surface area contributed by atoms with Crippen LogP contribution < -0.4 is 5.32 Å². The van der Waals surface area contributed by atoms with Crippen molar-refractivity contribution in [2.75, 3.05) is 20.7 Å². The maximum atomic E-state index is 13.7. The van der Waals surface area contributed by atoms with Gasteiger partial charge in [-0.1, -0.05) is 56.9 Å². The van der Waals surface area contributed by atoms with Crippen molar-refractivity contribution in [2.45, 2.75) is 83.1 Å². The van der Waals surface area contributed by atoms with Crippen molar-refractivity contribution in [1.82, 2.24) is 40.0 Å². The Balaban J connectivity index is 0.884. The van der Waals surface area contributed by atoms with Crippen LogP contribution in [0, 0.1) is 35.5 Å². The van der Waals surface area contributed by atoms with Crippen LogP contribution in [-0.2, 0) is 14.3 Å². The summed E-state index contributed by atoms with van der Waals surface area (Å²) in [5.74, 6) is 8.73. The summed E-state index contributed by atoms with van der Waals surface area (Å²) in [6.07, 6.45) is 6.15. The predicted octanol–water partition coefficient (Wildman–Crippen LogP) is 6.21. The van der Waals surface area contributed by atoms with E-state index in [4.69, 9.17) is 14.7 Å². The summed E-state index contributed by atoms with van der Waals surface area (Å²) in [5, 5.41) is 11.9. The molecule has 2 aliphatic carbocycles. The SMILES string of the molecule is COC(=O)N[C@H](C(=O)N1[C@H](c2nc(-c3ccc(C#Cc4ccc(-c5c[nH]c([C@@H]6C[C@@H]7C[C@@H]7N6C(=O)CC(C)CN(C)C(=O)O)n5)cc4)cc3)c[nH]2)C[C@H]2C[C@@H]21)C(C)C. The van der Waals surface area contributed by atoms with Crippen LogP contribution in [0.5, 0.6) is 0 Å². The Labute approximate surface area is 337 Å². The second-order valence-electron chi connectivity index (χ2n) is 16.8. The number of fused-ring (bicyclic) bond motifs is 2. The zero-order chi connectivity index (χ0) is 40.8. The lowest BCUT2D eigenvalue weighted by Crippen LogP contribution is -2.52. The molecule has 4 N–H and O–H groups in total. The number of rotatable bonds is 11. The van der Waals surface area contributed by atoms with Crippen LogP contribution in [0.4, 0.5) is 9.59 Å². The van der Waals surface area contributed by atoms with E-state index >= 15 is 0 Å². The van der Waals surface area contributed by atoms with Gasteiger partial charge in [0.1, 0.15) is 17.7 Å². The highest BCUT2D eigenvalue weighted by Crippen LogP contribution is 2.54. The molecule has 0 spiro atoms. The zero-order valence-corrected chi connectivity index (χ0v) is 33.4. The van der Waals surface area contributed by atoms with E-state index in [1.54, 1.807) is 0 Å². The molecule has 1 unspecified atom stereocenters. The van der Waals surface area contributed by atoms with E-state index < -0.39 is 18.2 Å². The van der Waals surface area contributed by atoms with Gasteiger partial charge < -0.3 is 39.8 Å². The van der Waals surface area contributed by atoms with Crippen LogP contribution in [0.1, 0.15) is 87.7 Å². The van der Waals surface area contributed by atoms with Crippen molar-refractivity contribution in [3.63, 3.8) is 0 Å². The Bertz CT molecular complexity index is 2250. The fourth-order valence-corrected chi connectivity index (χ4v) is 8.85. The van der Waals surface area contributed by atoms with Gasteiger partial charge in [0.15, 0.2) is 0 Å². The van der Waals surface area contributed by atoms with Gasteiger partial charge in [-0.15, -0.1) is 0 Å². The predicted molar refractivity (Wildman–Crippen MR) is 215 cm³/mol. The number of benzene rings is 2. The number of aromatic nitrogens is 4. The van der Waals surface area contributed by atoms with Crippen LogP contribution in [0.2, 0.25) is 0 Å². The van der Waals surface area contributed by atoms with Crippen LogP contribution in [0.25, 0.3) is 22.5 Å². The van der Waals surface area contributed by atoms with E-state index in [9.17, 15) is 24.3 Å². The van der Waals surface area contributed by atoms with Crippen molar-refractivity contribution >= 4 is 24.0 Å². The standard InChI is InChI=1S/C44H50N8O6/c1-24(2)39(49-43(55)58-5)42(54)52-35-18-31(35)20-37(52)41-46-22-33(48-41)29-14-10-27(11-15-29)7-6-26-8-12-28(13-9-26)32-21-45-40(47-32)36-19-30-17-34(30)51(36)38(53)16-25(3)23-50(4)44(56)57/h8-15,21-22,24-25,30-31,34-37,39H,16-20,23H2,1-5H3,(H,45,47)(H,46,48)(H,49,55)(H,56,57)/t25?,30-,31+,34-,35-,36-,37-,39-/m0/s1. The average molecular weight is 787 g/mol. The first-order valence-corrected chi connectivity index (χ1v) is 20.1. The van der Waals surface area contributed by atoms with Gasteiger partial charge in [0.25, 0.3) is 0 Å². The Hall–Kier alpha value is -6.10. The number of amides is 4. The van der Waals surface area contributed by atoms with Gasteiger partial charge in [0.2, 0.25) is 11.8 Å². The minimum atomic E-state index is -0.995. The van der Waals surface area contributed by atoms with Crippen LogP contribution >= 0.6 is 0 Å². The van der Waals surface area contributed by atoms with E-state index in [0.29, 0.717) is 24.8 Å². The van der Waals surface area contributed by atoms with Gasteiger partial charge in [-0.2, -0.15) is 0 Å². The second-order valence-corrected chi connectivity index (χ2v) is 16.8. The molecule has 4 heterocycles. The van der Waals surface area contributed by atoms with E-state index in [-0.39, 0.29) is 47.8 Å². The van der Waals surface area contributed by atoms with E-state index in [2.05, 4.69) is 27.1 Å².